The maximum atomic E-state index is 5.79. The fourth-order valence-corrected chi connectivity index (χ4v) is 2.41. The molecule has 0 spiro atoms. The molecule has 2 aromatic rings. The van der Waals surface area contributed by atoms with Gasteiger partial charge in [-0.05, 0) is 38.6 Å². The molecule has 0 unspecified atom stereocenters. The van der Waals surface area contributed by atoms with Crippen molar-refractivity contribution in [1.29, 1.82) is 0 Å². The normalized spacial score (nSPS) is 11.2. The van der Waals surface area contributed by atoms with E-state index >= 15 is 0 Å². The van der Waals surface area contributed by atoms with E-state index in [1.807, 2.05) is 0 Å². The minimum atomic E-state index is 0.811. The quantitative estimate of drug-likeness (QED) is 0.806. The number of aryl methyl sites for hydroxylation is 1. The molecule has 0 aliphatic rings. The van der Waals surface area contributed by atoms with E-state index in [1.54, 1.807) is 0 Å². The molecule has 0 aliphatic heterocycles. The molecular formula is C18H26N2O. The average molecular weight is 286 g/mol. The Kier molecular flexibility index (Phi) is 6.03. The van der Waals surface area contributed by atoms with Gasteiger partial charge in [0.15, 0.2) is 0 Å². The van der Waals surface area contributed by atoms with E-state index in [0.717, 1.165) is 44.1 Å². The van der Waals surface area contributed by atoms with Crippen LogP contribution in [0.2, 0.25) is 0 Å². The minimum Gasteiger partial charge on any atom is -0.465 e. The molecule has 3 nitrogen and oxygen atoms in total. The molecule has 1 aromatic heterocycles. The Balaban J connectivity index is 1.84. The van der Waals surface area contributed by atoms with Gasteiger partial charge in [-0.3, -0.25) is 0 Å². The Labute approximate surface area is 128 Å². The van der Waals surface area contributed by atoms with Crippen molar-refractivity contribution in [2.24, 2.45) is 0 Å². The second-order valence-corrected chi connectivity index (χ2v) is 5.55. The number of likely N-dealkylation sites (N-methyl/N-ethyl adjacent to an activating group) is 1. The number of nitrogens with one attached hydrogen (secondary N) is 1. The molecule has 0 bridgehead atoms. The lowest BCUT2D eigenvalue weighted by molar-refractivity contribution is 0.328. The summed E-state index contributed by atoms with van der Waals surface area (Å²) in [6.45, 7) is 7.92. The van der Waals surface area contributed by atoms with Gasteiger partial charge in [0.25, 0.3) is 0 Å². The fourth-order valence-electron chi connectivity index (χ4n) is 2.41. The predicted octanol–water partition coefficient (Wildman–Crippen LogP) is 3.37. The third-order valence-corrected chi connectivity index (χ3v) is 3.69. The van der Waals surface area contributed by atoms with Crippen LogP contribution in [0.1, 0.15) is 29.6 Å². The second-order valence-electron chi connectivity index (χ2n) is 5.55. The molecule has 1 N–H and O–H groups in total. The number of rotatable bonds is 8. The number of hydrogen-bond acceptors (Lipinski definition) is 3. The molecule has 0 saturated carbocycles. The van der Waals surface area contributed by atoms with E-state index in [0.29, 0.717) is 0 Å². The standard InChI is InChI=1S/C18H26N2O/c1-4-19-13-18-12-17(15(2)21-18)14-20(3)11-10-16-8-6-5-7-9-16/h5-9,12,19H,4,10-11,13-14H2,1-3H3. The lowest BCUT2D eigenvalue weighted by Gasteiger charge is -2.16. The predicted molar refractivity (Wildman–Crippen MR) is 87.3 cm³/mol. The van der Waals surface area contributed by atoms with Crippen molar-refractivity contribution in [3.05, 3.63) is 59.0 Å². The van der Waals surface area contributed by atoms with Crippen LogP contribution in [0, 0.1) is 6.92 Å². The molecule has 2 rings (SSSR count). The molecule has 0 radical (unpaired) electrons. The Hall–Kier alpha value is -1.58. The Morgan fingerprint density at radius 3 is 2.67 bits per heavy atom. The van der Waals surface area contributed by atoms with Gasteiger partial charge in [0.1, 0.15) is 11.5 Å². The SMILES string of the molecule is CCNCc1cc(CN(C)CCc2ccccc2)c(C)o1. The first-order valence-corrected chi connectivity index (χ1v) is 7.70. The van der Waals surface area contributed by atoms with Gasteiger partial charge in [-0.25, -0.2) is 0 Å². The van der Waals surface area contributed by atoms with Crippen molar-refractivity contribution in [3.8, 4) is 0 Å². The lowest BCUT2D eigenvalue weighted by Crippen LogP contribution is -2.20. The van der Waals surface area contributed by atoms with Gasteiger partial charge in [0.05, 0.1) is 6.54 Å². The summed E-state index contributed by atoms with van der Waals surface area (Å²) in [5.74, 6) is 2.07. The molecule has 114 valence electrons. The van der Waals surface area contributed by atoms with E-state index in [9.17, 15) is 0 Å². The van der Waals surface area contributed by atoms with Gasteiger partial charge >= 0.3 is 0 Å². The van der Waals surface area contributed by atoms with Crippen LogP contribution in [-0.4, -0.2) is 25.0 Å². The summed E-state index contributed by atoms with van der Waals surface area (Å²) in [7, 11) is 2.17. The number of nitrogens with zero attached hydrogens (tertiary/aromatic N) is 1. The first kappa shape index (κ1) is 15.8. The summed E-state index contributed by atoms with van der Waals surface area (Å²) in [6.07, 6.45) is 1.08. The summed E-state index contributed by atoms with van der Waals surface area (Å²) in [5.41, 5.74) is 2.68. The molecule has 1 aromatic carbocycles. The topological polar surface area (TPSA) is 28.4 Å². The van der Waals surface area contributed by atoms with Crippen LogP contribution in [0.3, 0.4) is 0 Å². The van der Waals surface area contributed by atoms with E-state index in [1.165, 1.54) is 11.1 Å². The second kappa shape index (κ2) is 8.01. The highest BCUT2D eigenvalue weighted by Gasteiger charge is 2.09. The lowest BCUT2D eigenvalue weighted by atomic mass is 10.1. The molecule has 1 heterocycles. The van der Waals surface area contributed by atoms with Gasteiger partial charge < -0.3 is 14.6 Å². The molecule has 0 atom stereocenters. The number of benzene rings is 1. The molecule has 0 aliphatic carbocycles. The van der Waals surface area contributed by atoms with E-state index in [-0.39, 0.29) is 0 Å². The summed E-state index contributed by atoms with van der Waals surface area (Å²) < 4.78 is 5.79. The van der Waals surface area contributed by atoms with Crippen molar-refractivity contribution < 1.29 is 4.42 Å². The molecule has 0 amide bonds. The van der Waals surface area contributed by atoms with Crippen LogP contribution < -0.4 is 5.32 Å². The molecule has 21 heavy (non-hydrogen) atoms. The van der Waals surface area contributed by atoms with Crippen LogP contribution in [0.25, 0.3) is 0 Å². The first-order chi connectivity index (χ1) is 10.2. The van der Waals surface area contributed by atoms with Crippen LogP contribution in [0.5, 0.6) is 0 Å². The summed E-state index contributed by atoms with van der Waals surface area (Å²) in [4.78, 5) is 2.35. The molecule has 0 fully saturated rings. The fraction of sp³-hybridized carbons (Fsp3) is 0.444. The van der Waals surface area contributed by atoms with E-state index < -0.39 is 0 Å². The summed E-state index contributed by atoms with van der Waals surface area (Å²) in [5, 5.41) is 3.30. The third kappa shape index (κ3) is 5.03. The molecule has 3 heteroatoms. The van der Waals surface area contributed by atoms with Crippen molar-refractivity contribution in [1.82, 2.24) is 10.2 Å². The zero-order valence-corrected chi connectivity index (χ0v) is 13.4. The highest BCUT2D eigenvalue weighted by Crippen LogP contribution is 2.16. The van der Waals surface area contributed by atoms with Gasteiger partial charge in [-0.1, -0.05) is 37.3 Å². The van der Waals surface area contributed by atoms with Gasteiger partial charge in [-0.15, -0.1) is 0 Å². The van der Waals surface area contributed by atoms with Crippen molar-refractivity contribution in [2.45, 2.75) is 33.4 Å². The monoisotopic (exact) mass is 286 g/mol. The van der Waals surface area contributed by atoms with Gasteiger partial charge in [-0.2, -0.15) is 0 Å². The van der Waals surface area contributed by atoms with Crippen LogP contribution in [0.15, 0.2) is 40.8 Å². The minimum absolute atomic E-state index is 0.811. The first-order valence-electron chi connectivity index (χ1n) is 7.70. The highest BCUT2D eigenvalue weighted by molar-refractivity contribution is 5.21. The van der Waals surface area contributed by atoms with Crippen LogP contribution in [-0.2, 0) is 19.5 Å². The average Bonchev–Trinajstić information content (AvgIpc) is 2.84. The van der Waals surface area contributed by atoms with E-state index in [2.05, 4.69) is 67.5 Å². The van der Waals surface area contributed by atoms with E-state index in [4.69, 9.17) is 4.42 Å². The molecular weight excluding hydrogens is 260 g/mol. The zero-order chi connectivity index (χ0) is 15.1. The van der Waals surface area contributed by atoms with Crippen molar-refractivity contribution >= 4 is 0 Å². The maximum absolute atomic E-state index is 5.79. The smallest absolute Gasteiger partial charge is 0.118 e. The number of hydrogen-bond donors (Lipinski definition) is 1. The number of furan rings is 1. The maximum Gasteiger partial charge on any atom is 0.118 e. The van der Waals surface area contributed by atoms with Crippen molar-refractivity contribution in [3.63, 3.8) is 0 Å². The third-order valence-electron chi connectivity index (χ3n) is 3.69. The summed E-state index contributed by atoms with van der Waals surface area (Å²) >= 11 is 0. The zero-order valence-electron chi connectivity index (χ0n) is 13.4. The van der Waals surface area contributed by atoms with Gasteiger partial charge in [0, 0.05) is 18.7 Å². The molecule has 0 saturated heterocycles. The largest absolute Gasteiger partial charge is 0.465 e. The summed E-state index contributed by atoms with van der Waals surface area (Å²) in [6, 6.07) is 12.8. The highest BCUT2D eigenvalue weighted by atomic mass is 16.3. The van der Waals surface area contributed by atoms with Crippen LogP contribution in [0.4, 0.5) is 0 Å². The Morgan fingerprint density at radius 2 is 1.95 bits per heavy atom. The van der Waals surface area contributed by atoms with Crippen LogP contribution >= 0.6 is 0 Å². The van der Waals surface area contributed by atoms with Crippen molar-refractivity contribution in [2.75, 3.05) is 20.1 Å². The Morgan fingerprint density at radius 1 is 1.19 bits per heavy atom. The Bertz CT molecular complexity index is 533. The van der Waals surface area contributed by atoms with Gasteiger partial charge in [0.2, 0.25) is 0 Å².